The minimum absolute atomic E-state index is 0.0615. The summed E-state index contributed by atoms with van der Waals surface area (Å²) in [5.41, 5.74) is 1.56. The van der Waals surface area contributed by atoms with Crippen molar-refractivity contribution >= 4 is 33.9 Å². The highest BCUT2D eigenvalue weighted by Crippen LogP contribution is 2.21. The van der Waals surface area contributed by atoms with Gasteiger partial charge in [-0.2, -0.15) is 0 Å². The molecule has 0 aliphatic carbocycles. The SMILES string of the molecule is O=C(Cc1ccccc1Cl)Nc1ccc(COc2ccoc2)c([SH](=O)=O)c1. The van der Waals surface area contributed by atoms with Gasteiger partial charge in [-0.15, -0.1) is 0 Å². The molecular formula is C19H16ClNO5S. The normalized spacial score (nSPS) is 10.7. The quantitative estimate of drug-likeness (QED) is 0.586. The molecule has 0 atom stereocenters. The highest BCUT2D eigenvalue weighted by atomic mass is 35.5. The molecule has 0 bridgehead atoms. The molecule has 0 unspecified atom stereocenters. The molecular weight excluding hydrogens is 390 g/mol. The van der Waals surface area contributed by atoms with E-state index in [2.05, 4.69) is 5.32 Å². The van der Waals surface area contributed by atoms with E-state index in [0.29, 0.717) is 27.6 Å². The Labute approximate surface area is 162 Å². The Kier molecular flexibility index (Phi) is 6.16. The zero-order valence-electron chi connectivity index (χ0n) is 14.1. The van der Waals surface area contributed by atoms with Gasteiger partial charge in [-0.1, -0.05) is 35.9 Å². The van der Waals surface area contributed by atoms with Crippen molar-refractivity contribution in [1.82, 2.24) is 0 Å². The number of amides is 1. The first-order valence-electron chi connectivity index (χ1n) is 7.98. The van der Waals surface area contributed by atoms with Crippen molar-refractivity contribution in [2.24, 2.45) is 0 Å². The van der Waals surface area contributed by atoms with Gasteiger partial charge in [0.1, 0.15) is 12.9 Å². The fourth-order valence-electron chi connectivity index (χ4n) is 2.45. The third-order valence-electron chi connectivity index (χ3n) is 3.76. The second-order valence-corrected chi connectivity index (χ2v) is 7.07. The number of benzene rings is 2. The molecule has 8 heteroatoms. The van der Waals surface area contributed by atoms with E-state index in [1.807, 2.05) is 0 Å². The Hall–Kier alpha value is -2.77. The lowest BCUT2D eigenvalue weighted by atomic mass is 10.1. The number of hydrogen-bond acceptors (Lipinski definition) is 5. The molecule has 0 fully saturated rings. The lowest BCUT2D eigenvalue weighted by molar-refractivity contribution is -0.115. The molecule has 140 valence electrons. The van der Waals surface area contributed by atoms with Gasteiger partial charge in [0.15, 0.2) is 16.5 Å². The number of rotatable bonds is 7. The van der Waals surface area contributed by atoms with Crippen LogP contribution in [0.15, 0.2) is 70.4 Å². The summed E-state index contributed by atoms with van der Waals surface area (Å²) < 4.78 is 33.6. The topological polar surface area (TPSA) is 85.6 Å². The van der Waals surface area contributed by atoms with Gasteiger partial charge in [0.2, 0.25) is 5.91 Å². The fourth-order valence-corrected chi connectivity index (χ4v) is 3.27. The summed E-state index contributed by atoms with van der Waals surface area (Å²) in [5.74, 6) is 0.205. The van der Waals surface area contributed by atoms with E-state index in [1.54, 1.807) is 42.5 Å². The smallest absolute Gasteiger partial charge is 0.228 e. The average Bonchev–Trinajstić information content (AvgIpc) is 3.16. The van der Waals surface area contributed by atoms with Crippen molar-refractivity contribution in [1.29, 1.82) is 0 Å². The first-order chi connectivity index (χ1) is 13.0. The molecule has 0 aliphatic heterocycles. The van der Waals surface area contributed by atoms with Crippen LogP contribution in [-0.4, -0.2) is 14.3 Å². The molecule has 0 spiro atoms. The number of thiol groups is 1. The standard InChI is InChI=1S/C19H16ClNO5S/c20-17-4-2-1-3-13(17)9-19(22)21-15-6-5-14(18(10-15)27(23)24)11-26-16-7-8-25-12-16/h1-8,10,12,27H,9,11H2,(H,21,22). The summed E-state index contributed by atoms with van der Waals surface area (Å²) in [6.07, 6.45) is 2.96. The first-order valence-corrected chi connectivity index (χ1v) is 9.54. The first kappa shape index (κ1) is 19.0. The number of halogens is 1. The Bertz CT molecular complexity index is 1010. The molecule has 6 nitrogen and oxygen atoms in total. The van der Waals surface area contributed by atoms with Crippen LogP contribution in [-0.2, 0) is 28.5 Å². The predicted octanol–water partition coefficient (Wildman–Crippen LogP) is 3.66. The van der Waals surface area contributed by atoms with Gasteiger partial charge < -0.3 is 14.5 Å². The number of carbonyl (C=O) groups excluding carboxylic acids is 1. The third kappa shape index (κ3) is 5.12. The predicted molar refractivity (Wildman–Crippen MR) is 102 cm³/mol. The molecule has 0 radical (unpaired) electrons. The highest BCUT2D eigenvalue weighted by molar-refractivity contribution is 7.72. The van der Waals surface area contributed by atoms with E-state index >= 15 is 0 Å². The van der Waals surface area contributed by atoms with E-state index < -0.39 is 10.7 Å². The second-order valence-electron chi connectivity index (χ2n) is 5.66. The Morgan fingerprint density at radius 1 is 1.11 bits per heavy atom. The van der Waals surface area contributed by atoms with Crippen LogP contribution in [0.2, 0.25) is 5.02 Å². The number of hydrogen-bond donors (Lipinski definition) is 2. The molecule has 0 aliphatic rings. The molecule has 1 aromatic heterocycles. The molecule has 0 saturated carbocycles. The van der Waals surface area contributed by atoms with Crippen molar-refractivity contribution in [2.45, 2.75) is 17.9 Å². The van der Waals surface area contributed by atoms with Crippen molar-refractivity contribution in [3.05, 3.63) is 77.2 Å². The lowest BCUT2D eigenvalue weighted by Crippen LogP contribution is -2.15. The summed E-state index contributed by atoms with van der Waals surface area (Å²) >= 11 is 6.06. The van der Waals surface area contributed by atoms with Crippen molar-refractivity contribution < 1.29 is 22.4 Å². The largest absolute Gasteiger partial charge is 0.485 e. The van der Waals surface area contributed by atoms with Gasteiger partial charge in [0.05, 0.1) is 17.6 Å². The minimum atomic E-state index is -2.86. The zero-order valence-corrected chi connectivity index (χ0v) is 15.7. The van der Waals surface area contributed by atoms with Gasteiger partial charge in [-0.3, -0.25) is 4.79 Å². The molecule has 1 N–H and O–H groups in total. The summed E-state index contributed by atoms with van der Waals surface area (Å²) in [6, 6.07) is 13.3. The molecule has 2 aromatic carbocycles. The van der Waals surface area contributed by atoms with Gasteiger partial charge in [0.25, 0.3) is 0 Å². The average molecular weight is 406 g/mol. The maximum Gasteiger partial charge on any atom is 0.228 e. The number of furan rings is 1. The summed E-state index contributed by atoms with van der Waals surface area (Å²) in [5, 5.41) is 3.19. The van der Waals surface area contributed by atoms with Crippen LogP contribution < -0.4 is 10.1 Å². The van der Waals surface area contributed by atoms with Crippen molar-refractivity contribution in [3.63, 3.8) is 0 Å². The molecule has 27 heavy (non-hydrogen) atoms. The summed E-state index contributed by atoms with van der Waals surface area (Å²) in [7, 11) is -2.86. The van der Waals surface area contributed by atoms with Gasteiger partial charge >= 0.3 is 0 Å². The van der Waals surface area contributed by atoms with Crippen LogP contribution in [0, 0.1) is 0 Å². The zero-order chi connectivity index (χ0) is 19.2. The molecule has 3 aromatic rings. The number of anilines is 1. The molecule has 1 amide bonds. The van der Waals surface area contributed by atoms with Crippen LogP contribution in [0.25, 0.3) is 0 Å². The Morgan fingerprint density at radius 3 is 2.63 bits per heavy atom. The maximum absolute atomic E-state index is 12.2. The van der Waals surface area contributed by atoms with Crippen molar-refractivity contribution in [2.75, 3.05) is 5.32 Å². The van der Waals surface area contributed by atoms with Crippen LogP contribution >= 0.6 is 11.6 Å². The second kappa shape index (κ2) is 8.75. The van der Waals surface area contributed by atoms with E-state index in [1.165, 1.54) is 18.6 Å². The van der Waals surface area contributed by atoms with Crippen LogP contribution in [0.4, 0.5) is 5.69 Å². The van der Waals surface area contributed by atoms with E-state index in [-0.39, 0.29) is 23.8 Å². The van der Waals surface area contributed by atoms with Crippen LogP contribution in [0.1, 0.15) is 11.1 Å². The Balaban J connectivity index is 1.71. The molecule has 1 heterocycles. The van der Waals surface area contributed by atoms with Gasteiger partial charge in [-0.25, -0.2) is 8.42 Å². The monoisotopic (exact) mass is 405 g/mol. The van der Waals surface area contributed by atoms with E-state index in [9.17, 15) is 13.2 Å². The molecule has 0 saturated heterocycles. The van der Waals surface area contributed by atoms with E-state index in [0.717, 1.165) is 0 Å². The number of ether oxygens (including phenoxy) is 1. The maximum atomic E-state index is 12.2. The Morgan fingerprint density at radius 2 is 1.93 bits per heavy atom. The lowest BCUT2D eigenvalue weighted by Gasteiger charge is -2.10. The molecule has 3 rings (SSSR count). The highest BCUT2D eigenvalue weighted by Gasteiger charge is 2.11. The van der Waals surface area contributed by atoms with Gasteiger partial charge in [-0.05, 0) is 23.8 Å². The fraction of sp³-hybridized carbons (Fsp3) is 0.105. The summed E-state index contributed by atoms with van der Waals surface area (Å²) in [4.78, 5) is 12.3. The van der Waals surface area contributed by atoms with Crippen molar-refractivity contribution in [3.8, 4) is 5.75 Å². The number of nitrogens with one attached hydrogen (secondary N) is 1. The van der Waals surface area contributed by atoms with Gasteiger partial charge in [0, 0.05) is 22.3 Å². The third-order valence-corrected chi connectivity index (χ3v) is 4.94. The number of carbonyl (C=O) groups is 1. The summed E-state index contributed by atoms with van der Waals surface area (Å²) in [6.45, 7) is 0.0615. The minimum Gasteiger partial charge on any atom is -0.485 e. The van der Waals surface area contributed by atoms with E-state index in [4.69, 9.17) is 20.8 Å². The van der Waals surface area contributed by atoms with Crippen LogP contribution in [0.3, 0.4) is 0 Å². The van der Waals surface area contributed by atoms with Crippen LogP contribution in [0.5, 0.6) is 5.75 Å².